The van der Waals surface area contributed by atoms with Gasteiger partial charge < -0.3 is 10.3 Å². The maximum Gasteiger partial charge on any atom is 0.256 e. The number of nitrogens with zero attached hydrogens (tertiary/aromatic N) is 3. The van der Waals surface area contributed by atoms with Crippen molar-refractivity contribution >= 4 is 17.7 Å². The molecular weight excluding hydrogens is 370 g/mol. The standard InChI is InChI=1S/C21H25N5O3/c1-5-14(6-2)20(28)23-21-17(19(22)27)18(25-29-21)16-12(3)24-26(13(16)4)15-10-8-7-9-11-15/h7-11,14H,5-6H2,1-4H3,(H2,22,27)(H,23,28). The molecule has 0 saturated carbocycles. The van der Waals surface area contributed by atoms with Gasteiger partial charge in [-0.2, -0.15) is 5.10 Å². The molecule has 29 heavy (non-hydrogen) atoms. The molecule has 0 fully saturated rings. The normalized spacial score (nSPS) is 11.1. The Labute approximate surface area is 169 Å². The zero-order valence-electron chi connectivity index (χ0n) is 17.0. The van der Waals surface area contributed by atoms with Gasteiger partial charge >= 0.3 is 0 Å². The monoisotopic (exact) mass is 395 g/mol. The second-order valence-electron chi connectivity index (χ2n) is 6.90. The summed E-state index contributed by atoms with van der Waals surface area (Å²) in [6.45, 7) is 7.56. The van der Waals surface area contributed by atoms with Gasteiger partial charge in [0.25, 0.3) is 5.91 Å². The molecule has 3 rings (SSSR count). The van der Waals surface area contributed by atoms with E-state index in [9.17, 15) is 9.59 Å². The smallest absolute Gasteiger partial charge is 0.256 e. The number of primary amides is 1. The SMILES string of the molecule is CCC(CC)C(=O)Nc1onc(-c2c(C)nn(-c3ccccc3)c2C)c1C(N)=O. The fourth-order valence-electron chi connectivity index (χ4n) is 3.45. The molecule has 0 radical (unpaired) electrons. The molecule has 8 nitrogen and oxygen atoms in total. The highest BCUT2D eigenvalue weighted by atomic mass is 16.5. The van der Waals surface area contributed by atoms with Crippen LogP contribution in [-0.4, -0.2) is 26.8 Å². The van der Waals surface area contributed by atoms with Crippen LogP contribution >= 0.6 is 0 Å². The highest BCUT2D eigenvalue weighted by Gasteiger charge is 2.29. The van der Waals surface area contributed by atoms with Crippen LogP contribution in [-0.2, 0) is 4.79 Å². The number of rotatable bonds is 7. The summed E-state index contributed by atoms with van der Waals surface area (Å²) in [4.78, 5) is 24.7. The number of nitrogens with one attached hydrogen (secondary N) is 1. The first-order valence-corrected chi connectivity index (χ1v) is 9.61. The van der Waals surface area contributed by atoms with Gasteiger partial charge in [0.15, 0.2) is 0 Å². The van der Waals surface area contributed by atoms with Gasteiger partial charge in [0.05, 0.1) is 17.1 Å². The van der Waals surface area contributed by atoms with Crippen LogP contribution in [0.5, 0.6) is 0 Å². The average Bonchev–Trinajstić information content (AvgIpc) is 3.23. The van der Waals surface area contributed by atoms with E-state index < -0.39 is 5.91 Å². The lowest BCUT2D eigenvalue weighted by atomic mass is 10.0. The van der Waals surface area contributed by atoms with Crippen LogP contribution in [0.4, 0.5) is 5.88 Å². The van der Waals surface area contributed by atoms with E-state index in [0.717, 1.165) is 11.4 Å². The Bertz CT molecular complexity index is 1030. The number of benzene rings is 1. The summed E-state index contributed by atoms with van der Waals surface area (Å²) in [5, 5.41) is 11.3. The maximum absolute atomic E-state index is 12.5. The first-order valence-electron chi connectivity index (χ1n) is 9.61. The minimum absolute atomic E-state index is 0.0318. The zero-order chi connectivity index (χ0) is 21.1. The summed E-state index contributed by atoms with van der Waals surface area (Å²) in [5.74, 6) is -1.18. The van der Waals surface area contributed by atoms with Crippen LogP contribution in [0, 0.1) is 19.8 Å². The fraction of sp³-hybridized carbons (Fsp3) is 0.333. The summed E-state index contributed by atoms with van der Waals surface area (Å²) in [5.41, 5.74) is 8.91. The lowest BCUT2D eigenvalue weighted by Gasteiger charge is -2.11. The number of para-hydroxylation sites is 1. The summed E-state index contributed by atoms with van der Waals surface area (Å²) >= 11 is 0. The average molecular weight is 395 g/mol. The van der Waals surface area contributed by atoms with Gasteiger partial charge in [0.1, 0.15) is 11.3 Å². The number of aromatic nitrogens is 3. The quantitative estimate of drug-likeness (QED) is 0.634. The van der Waals surface area contributed by atoms with E-state index in [1.807, 2.05) is 58.0 Å². The molecule has 0 aliphatic rings. The van der Waals surface area contributed by atoms with E-state index in [2.05, 4.69) is 15.6 Å². The Hall–Kier alpha value is -3.42. The van der Waals surface area contributed by atoms with Crippen molar-refractivity contribution in [1.29, 1.82) is 0 Å². The lowest BCUT2D eigenvalue weighted by molar-refractivity contribution is -0.120. The fourth-order valence-corrected chi connectivity index (χ4v) is 3.45. The summed E-state index contributed by atoms with van der Waals surface area (Å²) in [6.07, 6.45) is 1.36. The Morgan fingerprint density at radius 3 is 2.41 bits per heavy atom. The number of carbonyl (C=O) groups is 2. The number of carbonyl (C=O) groups excluding carboxylic acids is 2. The van der Waals surface area contributed by atoms with E-state index in [0.29, 0.717) is 24.1 Å². The highest BCUT2D eigenvalue weighted by Crippen LogP contribution is 2.34. The van der Waals surface area contributed by atoms with Crippen LogP contribution in [0.3, 0.4) is 0 Å². The largest absolute Gasteiger partial charge is 0.365 e. The maximum atomic E-state index is 12.5. The molecule has 2 aromatic heterocycles. The molecule has 0 saturated heterocycles. The second-order valence-corrected chi connectivity index (χ2v) is 6.90. The van der Waals surface area contributed by atoms with E-state index >= 15 is 0 Å². The lowest BCUT2D eigenvalue weighted by Crippen LogP contribution is -2.23. The Balaban J connectivity index is 2.07. The van der Waals surface area contributed by atoms with Crippen molar-refractivity contribution in [2.45, 2.75) is 40.5 Å². The first-order chi connectivity index (χ1) is 13.9. The van der Waals surface area contributed by atoms with Crippen molar-refractivity contribution in [3.63, 3.8) is 0 Å². The van der Waals surface area contributed by atoms with Crippen molar-refractivity contribution in [3.05, 3.63) is 47.3 Å². The van der Waals surface area contributed by atoms with Gasteiger partial charge in [-0.25, -0.2) is 4.68 Å². The predicted molar refractivity (Wildman–Crippen MR) is 110 cm³/mol. The van der Waals surface area contributed by atoms with Crippen molar-refractivity contribution in [3.8, 4) is 16.9 Å². The molecule has 3 aromatic rings. The van der Waals surface area contributed by atoms with Crippen LogP contribution < -0.4 is 11.1 Å². The molecule has 152 valence electrons. The predicted octanol–water partition coefficient (Wildman–Crippen LogP) is 3.62. The van der Waals surface area contributed by atoms with Crippen LogP contribution in [0.2, 0.25) is 0 Å². The van der Waals surface area contributed by atoms with Gasteiger partial charge in [-0.3, -0.25) is 14.9 Å². The number of aryl methyl sites for hydroxylation is 1. The first kappa shape index (κ1) is 20.3. The number of nitrogens with two attached hydrogens (primary N) is 1. The minimum atomic E-state index is -0.729. The minimum Gasteiger partial charge on any atom is -0.365 e. The van der Waals surface area contributed by atoms with Gasteiger partial charge in [0.2, 0.25) is 11.8 Å². The zero-order valence-corrected chi connectivity index (χ0v) is 17.0. The Morgan fingerprint density at radius 2 is 1.83 bits per heavy atom. The number of hydrogen-bond donors (Lipinski definition) is 2. The van der Waals surface area contributed by atoms with Crippen molar-refractivity contribution in [2.75, 3.05) is 5.32 Å². The summed E-state index contributed by atoms with van der Waals surface area (Å²) < 4.78 is 7.10. The Morgan fingerprint density at radius 1 is 1.17 bits per heavy atom. The summed E-state index contributed by atoms with van der Waals surface area (Å²) in [7, 11) is 0. The molecule has 0 aliphatic heterocycles. The molecule has 8 heteroatoms. The molecule has 0 unspecified atom stereocenters. The Kier molecular flexibility index (Phi) is 5.81. The molecule has 1 aromatic carbocycles. The second kappa shape index (κ2) is 8.30. The number of amides is 2. The number of anilines is 1. The third-order valence-electron chi connectivity index (χ3n) is 5.06. The summed E-state index contributed by atoms with van der Waals surface area (Å²) in [6, 6.07) is 9.63. The van der Waals surface area contributed by atoms with Crippen LogP contribution in [0.15, 0.2) is 34.9 Å². The van der Waals surface area contributed by atoms with E-state index in [-0.39, 0.29) is 29.0 Å². The van der Waals surface area contributed by atoms with Crippen molar-refractivity contribution in [1.82, 2.24) is 14.9 Å². The molecule has 2 heterocycles. The van der Waals surface area contributed by atoms with Crippen molar-refractivity contribution < 1.29 is 14.1 Å². The van der Waals surface area contributed by atoms with Crippen LogP contribution in [0.1, 0.15) is 48.4 Å². The third-order valence-corrected chi connectivity index (χ3v) is 5.06. The molecule has 3 N–H and O–H groups in total. The number of hydrogen-bond acceptors (Lipinski definition) is 5. The highest BCUT2D eigenvalue weighted by molar-refractivity contribution is 6.06. The molecule has 2 amide bonds. The molecule has 0 atom stereocenters. The van der Waals surface area contributed by atoms with Crippen LogP contribution in [0.25, 0.3) is 16.9 Å². The molecule has 0 spiro atoms. The molecule has 0 aliphatic carbocycles. The third kappa shape index (κ3) is 3.78. The molecular formula is C21H25N5O3. The van der Waals surface area contributed by atoms with Gasteiger partial charge in [-0.15, -0.1) is 0 Å². The van der Waals surface area contributed by atoms with E-state index in [1.54, 1.807) is 4.68 Å². The van der Waals surface area contributed by atoms with Gasteiger partial charge in [0, 0.05) is 11.5 Å². The van der Waals surface area contributed by atoms with E-state index in [4.69, 9.17) is 10.3 Å². The topological polar surface area (TPSA) is 116 Å². The van der Waals surface area contributed by atoms with E-state index in [1.165, 1.54) is 0 Å². The molecule has 0 bridgehead atoms. The van der Waals surface area contributed by atoms with Crippen molar-refractivity contribution in [2.24, 2.45) is 11.7 Å². The van der Waals surface area contributed by atoms with Gasteiger partial charge in [-0.1, -0.05) is 37.2 Å². The van der Waals surface area contributed by atoms with Gasteiger partial charge in [-0.05, 0) is 38.8 Å².